The van der Waals surface area contributed by atoms with Crippen molar-refractivity contribution in [3.05, 3.63) is 35.9 Å². The Labute approximate surface area is 112 Å². The van der Waals surface area contributed by atoms with Gasteiger partial charge in [-0.05, 0) is 18.4 Å². The average Bonchev–Trinajstić information content (AvgIpc) is 2.46. The zero-order valence-electron chi connectivity index (χ0n) is 10.7. The summed E-state index contributed by atoms with van der Waals surface area (Å²) in [5.41, 5.74) is 0.968. The van der Waals surface area contributed by atoms with Gasteiger partial charge in [0.2, 0.25) is 6.41 Å². The van der Waals surface area contributed by atoms with E-state index in [1.54, 1.807) is 4.90 Å². The van der Waals surface area contributed by atoms with Crippen molar-refractivity contribution >= 4 is 12.5 Å². The maximum absolute atomic E-state index is 11.9. The topological polar surface area (TPSA) is 58.6 Å². The quantitative estimate of drug-likeness (QED) is 0.837. The number of likely N-dealkylation sites (tertiary alicyclic amines) is 1. The highest BCUT2D eigenvalue weighted by Gasteiger charge is 2.24. The van der Waals surface area contributed by atoms with E-state index in [9.17, 15) is 9.59 Å². The van der Waals surface area contributed by atoms with E-state index in [1.807, 2.05) is 30.3 Å². The molecule has 5 nitrogen and oxygen atoms in total. The molecule has 1 saturated heterocycles. The third-order valence-electron chi connectivity index (χ3n) is 3.19. The largest absolute Gasteiger partial charge is 0.445 e. The fourth-order valence-electron chi connectivity index (χ4n) is 2.19. The monoisotopic (exact) mass is 262 g/mol. The third kappa shape index (κ3) is 3.98. The molecule has 0 aromatic heterocycles. The number of carbonyl (C=O) groups excluding carboxylic acids is 2. The van der Waals surface area contributed by atoms with Gasteiger partial charge in [-0.15, -0.1) is 0 Å². The minimum Gasteiger partial charge on any atom is -0.445 e. The summed E-state index contributed by atoms with van der Waals surface area (Å²) in [5, 5.41) is 2.71. The number of amides is 2. The fourth-order valence-corrected chi connectivity index (χ4v) is 2.19. The van der Waals surface area contributed by atoms with E-state index in [1.165, 1.54) is 0 Å². The molecule has 1 atom stereocenters. The van der Waals surface area contributed by atoms with E-state index in [0.29, 0.717) is 19.5 Å². The smallest absolute Gasteiger partial charge is 0.410 e. The normalized spacial score (nSPS) is 18.7. The molecule has 1 unspecified atom stereocenters. The molecule has 19 heavy (non-hydrogen) atoms. The van der Waals surface area contributed by atoms with Gasteiger partial charge in [-0.3, -0.25) is 4.79 Å². The number of nitrogens with one attached hydrogen (secondary N) is 1. The van der Waals surface area contributed by atoms with Gasteiger partial charge in [-0.1, -0.05) is 30.3 Å². The summed E-state index contributed by atoms with van der Waals surface area (Å²) < 4.78 is 5.26. The van der Waals surface area contributed by atoms with Crippen LogP contribution in [0.15, 0.2) is 30.3 Å². The zero-order chi connectivity index (χ0) is 13.5. The first kappa shape index (κ1) is 13.4. The molecule has 2 rings (SSSR count). The second-order valence-corrected chi connectivity index (χ2v) is 4.61. The number of ether oxygens (including phenoxy) is 1. The molecule has 1 N–H and O–H groups in total. The molecule has 1 fully saturated rings. The number of piperidine rings is 1. The van der Waals surface area contributed by atoms with Gasteiger partial charge in [0.15, 0.2) is 0 Å². The maximum Gasteiger partial charge on any atom is 0.410 e. The molecule has 1 aromatic carbocycles. The number of benzene rings is 1. The SMILES string of the molecule is O=CNC1CCCN(C(=O)OCc2ccccc2)C1. The maximum atomic E-state index is 11.9. The molecule has 1 aliphatic rings. The molecule has 1 heterocycles. The van der Waals surface area contributed by atoms with Crippen LogP contribution in [0.25, 0.3) is 0 Å². The van der Waals surface area contributed by atoms with Crippen LogP contribution in [-0.4, -0.2) is 36.5 Å². The van der Waals surface area contributed by atoms with Crippen molar-refractivity contribution in [3.63, 3.8) is 0 Å². The lowest BCUT2D eigenvalue weighted by molar-refractivity contribution is -0.110. The lowest BCUT2D eigenvalue weighted by atomic mass is 10.1. The Balaban J connectivity index is 1.81. The van der Waals surface area contributed by atoms with E-state index < -0.39 is 0 Å². The zero-order valence-corrected chi connectivity index (χ0v) is 10.7. The second kappa shape index (κ2) is 6.78. The predicted molar refractivity (Wildman–Crippen MR) is 70.4 cm³/mol. The molecule has 0 bridgehead atoms. The van der Waals surface area contributed by atoms with Crippen LogP contribution >= 0.6 is 0 Å². The van der Waals surface area contributed by atoms with Crippen molar-refractivity contribution in [1.29, 1.82) is 0 Å². The summed E-state index contributed by atoms with van der Waals surface area (Å²) in [4.78, 5) is 24.0. The van der Waals surface area contributed by atoms with Crippen molar-refractivity contribution in [2.75, 3.05) is 13.1 Å². The molecular formula is C14H18N2O3. The van der Waals surface area contributed by atoms with Crippen LogP contribution in [0.1, 0.15) is 18.4 Å². The predicted octanol–water partition coefficient (Wildman–Crippen LogP) is 1.53. The fraction of sp³-hybridized carbons (Fsp3) is 0.429. The Hall–Kier alpha value is -2.04. The van der Waals surface area contributed by atoms with Crippen molar-refractivity contribution in [3.8, 4) is 0 Å². The third-order valence-corrected chi connectivity index (χ3v) is 3.19. The summed E-state index contributed by atoms with van der Waals surface area (Å²) in [6.07, 6.45) is 2.15. The molecule has 102 valence electrons. The van der Waals surface area contributed by atoms with E-state index in [-0.39, 0.29) is 18.7 Å². The van der Waals surface area contributed by atoms with Crippen LogP contribution in [0.3, 0.4) is 0 Å². The van der Waals surface area contributed by atoms with Crippen molar-refractivity contribution in [1.82, 2.24) is 10.2 Å². The summed E-state index contributed by atoms with van der Waals surface area (Å²) in [6, 6.07) is 9.62. The molecule has 1 aromatic rings. The van der Waals surface area contributed by atoms with Crippen LogP contribution in [-0.2, 0) is 16.1 Å². The molecule has 0 saturated carbocycles. The summed E-state index contributed by atoms with van der Waals surface area (Å²) in [7, 11) is 0. The highest BCUT2D eigenvalue weighted by Crippen LogP contribution is 2.12. The van der Waals surface area contributed by atoms with Gasteiger partial charge in [-0.2, -0.15) is 0 Å². The minimum atomic E-state index is -0.318. The van der Waals surface area contributed by atoms with E-state index in [4.69, 9.17) is 4.74 Å². The van der Waals surface area contributed by atoms with Gasteiger partial charge in [-0.25, -0.2) is 4.79 Å². The molecule has 0 radical (unpaired) electrons. The van der Waals surface area contributed by atoms with Gasteiger partial charge in [0.1, 0.15) is 6.61 Å². The van der Waals surface area contributed by atoms with Crippen LogP contribution in [0, 0.1) is 0 Å². The van der Waals surface area contributed by atoms with Crippen LogP contribution < -0.4 is 5.32 Å². The molecule has 5 heteroatoms. The van der Waals surface area contributed by atoms with Gasteiger partial charge >= 0.3 is 6.09 Å². The Morgan fingerprint density at radius 2 is 2.21 bits per heavy atom. The summed E-state index contributed by atoms with van der Waals surface area (Å²) >= 11 is 0. The summed E-state index contributed by atoms with van der Waals surface area (Å²) in [5.74, 6) is 0. The molecule has 2 amide bonds. The number of hydrogen-bond donors (Lipinski definition) is 1. The van der Waals surface area contributed by atoms with Gasteiger partial charge in [0, 0.05) is 19.1 Å². The highest BCUT2D eigenvalue weighted by molar-refractivity contribution is 5.68. The lowest BCUT2D eigenvalue weighted by Gasteiger charge is -2.31. The number of rotatable bonds is 4. The van der Waals surface area contributed by atoms with Crippen LogP contribution in [0.2, 0.25) is 0 Å². The molecule has 0 spiro atoms. The minimum absolute atomic E-state index is 0.0375. The van der Waals surface area contributed by atoms with Crippen molar-refractivity contribution < 1.29 is 14.3 Å². The number of nitrogens with zero attached hydrogens (tertiary/aromatic N) is 1. The average molecular weight is 262 g/mol. The molecule has 1 aliphatic heterocycles. The second-order valence-electron chi connectivity index (χ2n) is 4.61. The van der Waals surface area contributed by atoms with Crippen molar-refractivity contribution in [2.24, 2.45) is 0 Å². The van der Waals surface area contributed by atoms with Crippen LogP contribution in [0.4, 0.5) is 4.79 Å². The Kier molecular flexibility index (Phi) is 4.78. The van der Waals surface area contributed by atoms with Gasteiger partial charge in [0.05, 0.1) is 0 Å². The Morgan fingerprint density at radius 1 is 1.42 bits per heavy atom. The Bertz CT molecular complexity index is 422. The first-order valence-corrected chi connectivity index (χ1v) is 6.45. The van der Waals surface area contributed by atoms with Crippen LogP contribution in [0.5, 0.6) is 0 Å². The van der Waals surface area contributed by atoms with E-state index in [0.717, 1.165) is 18.4 Å². The lowest BCUT2D eigenvalue weighted by Crippen LogP contribution is -2.47. The number of hydrogen-bond acceptors (Lipinski definition) is 3. The first-order chi connectivity index (χ1) is 9.29. The Morgan fingerprint density at radius 3 is 2.95 bits per heavy atom. The number of carbonyl (C=O) groups is 2. The standard InChI is InChI=1S/C14H18N2O3/c17-11-15-13-7-4-8-16(9-13)14(18)19-10-12-5-2-1-3-6-12/h1-3,5-6,11,13H,4,7-10H2,(H,15,17). The van der Waals surface area contributed by atoms with Crippen molar-refractivity contribution in [2.45, 2.75) is 25.5 Å². The van der Waals surface area contributed by atoms with E-state index >= 15 is 0 Å². The van der Waals surface area contributed by atoms with Gasteiger partial charge < -0.3 is 15.0 Å². The molecule has 0 aliphatic carbocycles. The van der Waals surface area contributed by atoms with Gasteiger partial charge in [0.25, 0.3) is 0 Å². The molecular weight excluding hydrogens is 244 g/mol. The van der Waals surface area contributed by atoms with E-state index in [2.05, 4.69) is 5.32 Å². The highest BCUT2D eigenvalue weighted by atomic mass is 16.6. The summed E-state index contributed by atoms with van der Waals surface area (Å²) in [6.45, 7) is 1.49. The first-order valence-electron chi connectivity index (χ1n) is 6.45.